The monoisotopic (exact) mass is 281 g/mol. The Bertz CT molecular complexity index is 641. The molecule has 3 rings (SSSR count). The van der Waals surface area contributed by atoms with Gasteiger partial charge in [0.15, 0.2) is 16.7 Å². The van der Waals surface area contributed by atoms with Gasteiger partial charge < -0.3 is 8.83 Å². The molecular formula is C13H9Cl2NO2. The maximum Gasteiger partial charge on any atom is 0.197 e. The van der Waals surface area contributed by atoms with Gasteiger partial charge in [0.05, 0.1) is 0 Å². The van der Waals surface area contributed by atoms with Gasteiger partial charge in [0.25, 0.3) is 0 Å². The number of fused-ring (bicyclic) bond motifs is 1. The van der Waals surface area contributed by atoms with Crippen molar-refractivity contribution in [3.05, 3.63) is 53.3 Å². The Morgan fingerprint density at radius 3 is 2.67 bits per heavy atom. The molecule has 2 aromatic heterocycles. The average Bonchev–Trinajstić information content (AvgIpc) is 2.94. The van der Waals surface area contributed by atoms with Crippen LogP contribution in [0.2, 0.25) is 5.22 Å². The Morgan fingerprint density at radius 1 is 1.11 bits per heavy atom. The molecule has 1 aromatic carbocycles. The highest BCUT2D eigenvalue weighted by atomic mass is 35.5. The molecule has 92 valence electrons. The van der Waals surface area contributed by atoms with Crippen LogP contribution in [0.15, 0.2) is 45.2 Å². The number of hydrogen-bond acceptors (Lipinski definition) is 3. The van der Waals surface area contributed by atoms with E-state index in [1.807, 2.05) is 24.3 Å². The van der Waals surface area contributed by atoms with Gasteiger partial charge in [0.1, 0.15) is 16.7 Å². The molecule has 0 aliphatic heterocycles. The summed E-state index contributed by atoms with van der Waals surface area (Å²) in [4.78, 5) is 4.36. The molecule has 1 unspecified atom stereocenters. The van der Waals surface area contributed by atoms with Crippen LogP contribution in [0, 0.1) is 0 Å². The van der Waals surface area contributed by atoms with Crippen molar-refractivity contribution in [1.82, 2.24) is 4.98 Å². The van der Waals surface area contributed by atoms with Crippen molar-refractivity contribution < 1.29 is 8.83 Å². The lowest BCUT2D eigenvalue weighted by atomic mass is 10.2. The van der Waals surface area contributed by atoms with Crippen LogP contribution >= 0.6 is 23.2 Å². The minimum Gasteiger partial charge on any atom is -0.448 e. The average molecular weight is 282 g/mol. The number of alkyl halides is 1. The standard InChI is InChI=1S/C13H9Cl2NO2/c14-8(10-5-6-12(15)17-10)7-13-16-9-3-1-2-4-11(9)18-13/h1-6,8H,7H2. The molecule has 18 heavy (non-hydrogen) atoms. The Morgan fingerprint density at radius 2 is 1.94 bits per heavy atom. The van der Waals surface area contributed by atoms with Crippen LogP contribution < -0.4 is 0 Å². The Kier molecular flexibility index (Phi) is 3.02. The number of nitrogens with zero attached hydrogens (tertiary/aromatic N) is 1. The largest absolute Gasteiger partial charge is 0.448 e. The molecule has 0 aliphatic carbocycles. The number of hydrogen-bond donors (Lipinski definition) is 0. The van der Waals surface area contributed by atoms with E-state index in [2.05, 4.69) is 4.98 Å². The van der Waals surface area contributed by atoms with Crippen LogP contribution in [-0.2, 0) is 6.42 Å². The van der Waals surface area contributed by atoms with Gasteiger partial charge >= 0.3 is 0 Å². The first-order valence-corrected chi connectivity index (χ1v) is 6.27. The predicted molar refractivity (Wildman–Crippen MR) is 70.0 cm³/mol. The summed E-state index contributed by atoms with van der Waals surface area (Å²) in [5, 5.41) is -0.0150. The molecule has 2 heterocycles. The number of oxazole rings is 1. The molecule has 0 fully saturated rings. The first-order chi connectivity index (χ1) is 8.72. The van der Waals surface area contributed by atoms with E-state index >= 15 is 0 Å². The molecule has 1 atom stereocenters. The molecule has 3 aromatic rings. The lowest BCUT2D eigenvalue weighted by Gasteiger charge is -2.02. The summed E-state index contributed by atoms with van der Waals surface area (Å²) < 4.78 is 10.9. The third kappa shape index (κ3) is 2.24. The molecule has 0 N–H and O–H groups in total. The number of benzene rings is 1. The molecular weight excluding hydrogens is 273 g/mol. The molecule has 0 amide bonds. The van der Waals surface area contributed by atoms with E-state index in [0.717, 1.165) is 11.1 Å². The lowest BCUT2D eigenvalue weighted by molar-refractivity contribution is 0.474. The van der Waals surface area contributed by atoms with Crippen molar-refractivity contribution >= 4 is 34.3 Å². The molecule has 0 radical (unpaired) electrons. The third-order valence-electron chi connectivity index (χ3n) is 2.59. The van der Waals surface area contributed by atoms with E-state index in [0.29, 0.717) is 23.3 Å². The van der Waals surface area contributed by atoms with Gasteiger partial charge in [0, 0.05) is 6.42 Å². The maximum absolute atomic E-state index is 6.23. The number of furan rings is 1. The van der Waals surface area contributed by atoms with Crippen molar-refractivity contribution in [2.45, 2.75) is 11.8 Å². The Labute approximate surface area is 113 Å². The molecule has 0 aliphatic rings. The van der Waals surface area contributed by atoms with Crippen molar-refractivity contribution in [2.24, 2.45) is 0 Å². The van der Waals surface area contributed by atoms with Gasteiger partial charge in [-0.05, 0) is 35.9 Å². The van der Waals surface area contributed by atoms with Crippen LogP contribution in [-0.4, -0.2) is 4.98 Å². The van der Waals surface area contributed by atoms with Crippen LogP contribution in [0.3, 0.4) is 0 Å². The molecule has 3 nitrogen and oxygen atoms in total. The zero-order chi connectivity index (χ0) is 12.5. The van der Waals surface area contributed by atoms with Crippen molar-refractivity contribution in [3.63, 3.8) is 0 Å². The minimum absolute atomic E-state index is 0.327. The number of halogens is 2. The van der Waals surface area contributed by atoms with E-state index in [-0.39, 0.29) is 5.38 Å². The zero-order valence-corrected chi connectivity index (χ0v) is 10.8. The minimum atomic E-state index is -0.342. The predicted octanol–water partition coefficient (Wildman–Crippen LogP) is 4.60. The van der Waals surface area contributed by atoms with Crippen LogP contribution in [0.5, 0.6) is 0 Å². The summed E-state index contributed by atoms with van der Waals surface area (Å²) >= 11 is 11.9. The highest BCUT2D eigenvalue weighted by molar-refractivity contribution is 6.29. The third-order valence-corrected chi connectivity index (χ3v) is 3.17. The number of para-hydroxylation sites is 2. The van der Waals surface area contributed by atoms with E-state index in [4.69, 9.17) is 32.0 Å². The van der Waals surface area contributed by atoms with Gasteiger partial charge in [-0.25, -0.2) is 4.98 Å². The summed E-state index contributed by atoms with van der Waals surface area (Å²) in [6.07, 6.45) is 0.458. The molecule has 0 saturated carbocycles. The summed E-state index contributed by atoms with van der Waals surface area (Å²) in [6, 6.07) is 11.0. The van der Waals surface area contributed by atoms with Gasteiger partial charge in [0.2, 0.25) is 0 Å². The second-order valence-corrected chi connectivity index (χ2v) is 4.79. The van der Waals surface area contributed by atoms with Crippen molar-refractivity contribution in [2.75, 3.05) is 0 Å². The van der Waals surface area contributed by atoms with Gasteiger partial charge in [-0.1, -0.05) is 12.1 Å². The van der Waals surface area contributed by atoms with Crippen LogP contribution in [0.25, 0.3) is 11.1 Å². The molecule has 0 bridgehead atoms. The first-order valence-electron chi connectivity index (χ1n) is 5.46. The van der Waals surface area contributed by atoms with Crippen LogP contribution in [0.1, 0.15) is 17.0 Å². The molecule has 0 saturated heterocycles. The quantitative estimate of drug-likeness (QED) is 0.659. The van der Waals surface area contributed by atoms with Crippen LogP contribution in [0.4, 0.5) is 0 Å². The molecule has 0 spiro atoms. The SMILES string of the molecule is Clc1ccc(C(Cl)Cc2nc3ccccc3o2)o1. The fraction of sp³-hybridized carbons (Fsp3) is 0.154. The smallest absolute Gasteiger partial charge is 0.197 e. The van der Waals surface area contributed by atoms with E-state index < -0.39 is 0 Å². The Hall–Kier alpha value is -1.45. The fourth-order valence-corrected chi connectivity index (χ4v) is 2.16. The summed E-state index contributed by atoms with van der Waals surface area (Å²) in [6.45, 7) is 0. The van der Waals surface area contributed by atoms with E-state index in [1.165, 1.54) is 0 Å². The van der Waals surface area contributed by atoms with Gasteiger partial charge in [-0.15, -0.1) is 11.6 Å². The second kappa shape index (κ2) is 4.67. The van der Waals surface area contributed by atoms with Gasteiger partial charge in [-0.2, -0.15) is 0 Å². The lowest BCUT2D eigenvalue weighted by Crippen LogP contribution is -1.94. The summed E-state index contributed by atoms with van der Waals surface area (Å²) in [5.74, 6) is 1.20. The Balaban J connectivity index is 1.83. The van der Waals surface area contributed by atoms with E-state index in [9.17, 15) is 0 Å². The number of rotatable bonds is 3. The van der Waals surface area contributed by atoms with Gasteiger partial charge in [-0.3, -0.25) is 0 Å². The van der Waals surface area contributed by atoms with Crippen molar-refractivity contribution in [3.8, 4) is 0 Å². The number of aromatic nitrogens is 1. The maximum atomic E-state index is 6.23. The molecule has 5 heteroatoms. The zero-order valence-electron chi connectivity index (χ0n) is 9.27. The highest BCUT2D eigenvalue weighted by Gasteiger charge is 2.16. The fourth-order valence-electron chi connectivity index (χ4n) is 1.76. The highest BCUT2D eigenvalue weighted by Crippen LogP contribution is 2.29. The normalized spacial score (nSPS) is 13.0. The van der Waals surface area contributed by atoms with Crippen molar-refractivity contribution in [1.29, 1.82) is 0 Å². The summed E-state index contributed by atoms with van der Waals surface area (Å²) in [7, 11) is 0. The topological polar surface area (TPSA) is 39.2 Å². The second-order valence-electron chi connectivity index (χ2n) is 3.89. The van der Waals surface area contributed by atoms with E-state index in [1.54, 1.807) is 12.1 Å². The first kappa shape index (κ1) is 11.6. The summed E-state index contributed by atoms with van der Waals surface area (Å²) in [5.41, 5.74) is 1.59.